The Labute approximate surface area is 116 Å². The largest absolute Gasteiger partial charge is 0.307 e. The summed E-state index contributed by atoms with van der Waals surface area (Å²) in [7, 11) is 2.16. The van der Waals surface area contributed by atoms with Crippen molar-refractivity contribution in [1.82, 2.24) is 10.2 Å². The van der Waals surface area contributed by atoms with Gasteiger partial charge in [0.2, 0.25) is 0 Å². The van der Waals surface area contributed by atoms with Gasteiger partial charge < -0.3 is 10.2 Å². The number of hydrogen-bond acceptors (Lipinski definition) is 3. The number of rotatable bonds is 7. The van der Waals surface area contributed by atoms with Gasteiger partial charge in [-0.1, -0.05) is 25.1 Å². The van der Waals surface area contributed by atoms with Gasteiger partial charge in [-0.15, -0.1) is 11.8 Å². The summed E-state index contributed by atoms with van der Waals surface area (Å²) in [4.78, 5) is 3.68. The van der Waals surface area contributed by atoms with E-state index in [0.29, 0.717) is 0 Å². The summed E-state index contributed by atoms with van der Waals surface area (Å²) in [6.45, 7) is 9.90. The number of thioether (sulfide) groups is 1. The summed E-state index contributed by atoms with van der Waals surface area (Å²) in [5.41, 5.74) is 1.41. The maximum atomic E-state index is 3.66. The van der Waals surface area contributed by atoms with Gasteiger partial charge in [-0.25, -0.2) is 0 Å². The number of likely N-dealkylation sites (N-methyl/N-ethyl adjacent to an activating group) is 1. The molecule has 0 aliphatic heterocycles. The Morgan fingerprint density at radius 2 is 1.94 bits per heavy atom. The molecule has 2 nitrogen and oxygen atoms in total. The molecule has 0 aliphatic carbocycles. The monoisotopic (exact) mass is 266 g/mol. The summed E-state index contributed by atoms with van der Waals surface area (Å²) in [5, 5.41) is 3.66. The molecule has 0 heterocycles. The first-order valence-corrected chi connectivity index (χ1v) is 7.80. The first-order chi connectivity index (χ1) is 8.51. The Morgan fingerprint density at radius 3 is 2.56 bits per heavy atom. The number of hydrogen-bond donors (Lipinski definition) is 1. The van der Waals surface area contributed by atoms with Gasteiger partial charge in [0.15, 0.2) is 0 Å². The highest BCUT2D eigenvalue weighted by Crippen LogP contribution is 2.29. The van der Waals surface area contributed by atoms with Gasteiger partial charge in [-0.3, -0.25) is 0 Å². The van der Waals surface area contributed by atoms with E-state index in [-0.39, 0.29) is 5.54 Å². The number of nitrogens with one attached hydrogen (secondary N) is 1. The molecule has 1 aromatic rings. The predicted octanol–water partition coefficient (Wildman–Crippen LogP) is 3.18. The normalized spacial score (nSPS) is 12.1. The highest BCUT2D eigenvalue weighted by atomic mass is 32.2. The van der Waals surface area contributed by atoms with Crippen LogP contribution in [0, 0.1) is 0 Å². The van der Waals surface area contributed by atoms with Gasteiger partial charge in [0.1, 0.15) is 0 Å². The minimum Gasteiger partial charge on any atom is -0.307 e. The van der Waals surface area contributed by atoms with Crippen molar-refractivity contribution in [2.75, 3.05) is 32.9 Å². The van der Waals surface area contributed by atoms with Crippen LogP contribution in [0.2, 0.25) is 0 Å². The molecule has 1 aromatic carbocycles. The molecule has 0 radical (unpaired) electrons. The van der Waals surface area contributed by atoms with Gasteiger partial charge in [0.05, 0.1) is 0 Å². The standard InChI is InChI=1S/C15H26N2S/c1-6-17(4)12-11-16-15(2,3)13-9-7-8-10-14(13)18-5/h7-10,16H,6,11-12H2,1-5H3. The van der Waals surface area contributed by atoms with Crippen LogP contribution in [0.1, 0.15) is 26.3 Å². The van der Waals surface area contributed by atoms with Crippen molar-refractivity contribution in [3.8, 4) is 0 Å². The molecular formula is C15H26N2S. The minimum absolute atomic E-state index is 0.0220. The topological polar surface area (TPSA) is 15.3 Å². The summed E-state index contributed by atoms with van der Waals surface area (Å²) >= 11 is 1.82. The van der Waals surface area contributed by atoms with E-state index >= 15 is 0 Å². The average molecular weight is 266 g/mol. The van der Waals surface area contributed by atoms with E-state index in [1.54, 1.807) is 0 Å². The lowest BCUT2D eigenvalue weighted by molar-refractivity contribution is 0.313. The molecule has 0 aromatic heterocycles. The van der Waals surface area contributed by atoms with Crippen LogP contribution in [0.25, 0.3) is 0 Å². The van der Waals surface area contributed by atoms with E-state index in [1.165, 1.54) is 10.5 Å². The molecular weight excluding hydrogens is 240 g/mol. The zero-order valence-corrected chi connectivity index (χ0v) is 13.1. The van der Waals surface area contributed by atoms with E-state index in [0.717, 1.165) is 19.6 Å². The van der Waals surface area contributed by atoms with Crippen molar-refractivity contribution in [2.24, 2.45) is 0 Å². The second-order valence-corrected chi connectivity index (χ2v) is 6.00. The molecule has 0 saturated heterocycles. The predicted molar refractivity (Wildman–Crippen MR) is 82.4 cm³/mol. The van der Waals surface area contributed by atoms with Crippen molar-refractivity contribution in [1.29, 1.82) is 0 Å². The average Bonchev–Trinajstić information content (AvgIpc) is 2.38. The van der Waals surface area contributed by atoms with E-state index in [2.05, 4.69) is 68.6 Å². The SMILES string of the molecule is CCN(C)CCNC(C)(C)c1ccccc1SC. The molecule has 0 unspecified atom stereocenters. The van der Waals surface area contributed by atoms with Crippen LogP contribution in [0.5, 0.6) is 0 Å². The molecule has 0 aliphatic rings. The lowest BCUT2D eigenvalue weighted by Crippen LogP contribution is -2.41. The van der Waals surface area contributed by atoms with E-state index in [1.807, 2.05) is 11.8 Å². The summed E-state index contributed by atoms with van der Waals surface area (Å²) < 4.78 is 0. The zero-order chi connectivity index (χ0) is 13.6. The highest BCUT2D eigenvalue weighted by molar-refractivity contribution is 7.98. The molecule has 0 saturated carbocycles. The van der Waals surface area contributed by atoms with Crippen molar-refractivity contribution >= 4 is 11.8 Å². The lowest BCUT2D eigenvalue weighted by atomic mass is 9.94. The van der Waals surface area contributed by atoms with Crippen LogP contribution in [-0.4, -0.2) is 37.8 Å². The molecule has 1 N–H and O–H groups in total. The van der Waals surface area contributed by atoms with E-state index in [9.17, 15) is 0 Å². The molecule has 0 amide bonds. The van der Waals surface area contributed by atoms with Crippen LogP contribution in [-0.2, 0) is 5.54 Å². The quantitative estimate of drug-likeness (QED) is 0.763. The van der Waals surface area contributed by atoms with Crippen molar-refractivity contribution < 1.29 is 0 Å². The Kier molecular flexibility index (Phi) is 6.19. The second-order valence-electron chi connectivity index (χ2n) is 5.15. The molecule has 0 spiro atoms. The summed E-state index contributed by atoms with van der Waals surface area (Å²) in [5.74, 6) is 0. The molecule has 0 atom stereocenters. The Bertz CT molecular complexity index is 363. The van der Waals surface area contributed by atoms with Crippen LogP contribution in [0.15, 0.2) is 29.2 Å². The smallest absolute Gasteiger partial charge is 0.0389 e. The van der Waals surface area contributed by atoms with Crippen LogP contribution < -0.4 is 5.32 Å². The second kappa shape index (κ2) is 7.17. The highest BCUT2D eigenvalue weighted by Gasteiger charge is 2.22. The van der Waals surface area contributed by atoms with Gasteiger partial charge in [0, 0.05) is 23.5 Å². The van der Waals surface area contributed by atoms with E-state index in [4.69, 9.17) is 0 Å². The molecule has 0 fully saturated rings. The van der Waals surface area contributed by atoms with Crippen molar-refractivity contribution in [2.45, 2.75) is 31.2 Å². The maximum Gasteiger partial charge on any atom is 0.0389 e. The third kappa shape index (κ3) is 4.30. The van der Waals surface area contributed by atoms with Crippen molar-refractivity contribution in [3.63, 3.8) is 0 Å². The first-order valence-electron chi connectivity index (χ1n) is 6.58. The Balaban J connectivity index is 2.67. The maximum absolute atomic E-state index is 3.66. The minimum atomic E-state index is 0.0220. The third-order valence-corrected chi connectivity index (χ3v) is 4.18. The fraction of sp³-hybridized carbons (Fsp3) is 0.600. The molecule has 0 bridgehead atoms. The number of nitrogens with zero attached hydrogens (tertiary/aromatic N) is 1. The summed E-state index contributed by atoms with van der Waals surface area (Å²) in [6.07, 6.45) is 2.14. The van der Waals surface area contributed by atoms with Crippen LogP contribution in [0.3, 0.4) is 0 Å². The molecule has 18 heavy (non-hydrogen) atoms. The van der Waals surface area contributed by atoms with Gasteiger partial charge in [-0.2, -0.15) is 0 Å². The number of benzene rings is 1. The van der Waals surface area contributed by atoms with Gasteiger partial charge >= 0.3 is 0 Å². The van der Waals surface area contributed by atoms with Crippen LogP contribution in [0.4, 0.5) is 0 Å². The van der Waals surface area contributed by atoms with Crippen LogP contribution >= 0.6 is 11.8 Å². The molecule has 3 heteroatoms. The van der Waals surface area contributed by atoms with Gasteiger partial charge in [-0.05, 0) is 45.3 Å². The van der Waals surface area contributed by atoms with Crippen molar-refractivity contribution in [3.05, 3.63) is 29.8 Å². The summed E-state index contributed by atoms with van der Waals surface area (Å²) in [6, 6.07) is 8.65. The third-order valence-electron chi connectivity index (χ3n) is 3.38. The van der Waals surface area contributed by atoms with E-state index < -0.39 is 0 Å². The Hall–Kier alpha value is -0.510. The molecule has 1 rings (SSSR count). The Morgan fingerprint density at radius 1 is 1.28 bits per heavy atom. The zero-order valence-electron chi connectivity index (χ0n) is 12.3. The fourth-order valence-corrected chi connectivity index (χ4v) is 2.73. The lowest BCUT2D eigenvalue weighted by Gasteiger charge is -2.30. The first kappa shape index (κ1) is 15.5. The molecule has 102 valence electrons. The fourth-order valence-electron chi connectivity index (χ4n) is 1.97. The van der Waals surface area contributed by atoms with Gasteiger partial charge in [0.25, 0.3) is 0 Å².